The molecular weight excluding hydrogens is 741 g/mol. The van der Waals surface area contributed by atoms with Crippen LogP contribution in [0, 0.1) is 0 Å². The van der Waals surface area contributed by atoms with E-state index in [9.17, 15) is 0 Å². The summed E-state index contributed by atoms with van der Waals surface area (Å²) < 4.78 is 7.55. The highest BCUT2D eigenvalue weighted by Gasteiger charge is 2.25. The van der Waals surface area contributed by atoms with E-state index in [-0.39, 0.29) is 0 Å². The Morgan fingerprint density at radius 1 is 0.362 bits per heavy atom. The Bertz CT molecular complexity index is 3500. The molecule has 0 aliphatic heterocycles. The fraction of sp³-hybridized carbons (Fsp3) is 0. The fourth-order valence-corrected chi connectivity index (χ4v) is 11.4. The van der Waals surface area contributed by atoms with Crippen molar-refractivity contribution in [2.75, 3.05) is 4.90 Å². The van der Waals surface area contributed by atoms with E-state index in [1.165, 1.54) is 95.8 Å². The van der Waals surface area contributed by atoms with E-state index >= 15 is 0 Å². The zero-order chi connectivity index (χ0) is 38.2. The molecule has 0 aliphatic rings. The zero-order valence-electron chi connectivity index (χ0n) is 31.3. The maximum absolute atomic E-state index is 2.55. The Morgan fingerprint density at radius 3 is 1.84 bits per heavy atom. The molecule has 0 aliphatic carbocycles. The highest BCUT2D eigenvalue weighted by molar-refractivity contribution is 7.26. The number of anilines is 3. The van der Waals surface area contributed by atoms with Gasteiger partial charge in [-0.1, -0.05) is 140 Å². The van der Waals surface area contributed by atoms with E-state index in [4.69, 9.17) is 0 Å². The summed E-state index contributed by atoms with van der Waals surface area (Å²) in [7, 11) is 0. The minimum absolute atomic E-state index is 1.13. The van der Waals surface area contributed by atoms with E-state index in [1.54, 1.807) is 0 Å². The summed E-state index contributed by atoms with van der Waals surface area (Å²) in [6, 6.07) is 75.6. The summed E-state index contributed by atoms with van der Waals surface area (Å²) in [5.74, 6) is 0. The van der Waals surface area contributed by atoms with Crippen LogP contribution in [0.25, 0.3) is 90.1 Å². The second-order valence-electron chi connectivity index (χ2n) is 14.9. The van der Waals surface area contributed by atoms with Crippen LogP contribution in [0.4, 0.5) is 17.1 Å². The van der Waals surface area contributed by atoms with E-state index in [0.29, 0.717) is 0 Å². The number of aromatic nitrogens is 1. The Hall–Kier alpha value is -6.98. The van der Waals surface area contributed by atoms with Crippen LogP contribution in [0.3, 0.4) is 0 Å². The van der Waals surface area contributed by atoms with Gasteiger partial charge in [-0.2, -0.15) is 0 Å². The maximum Gasteiger partial charge on any atom is 0.0555 e. The van der Waals surface area contributed by atoms with Gasteiger partial charge in [-0.05, 0) is 89.0 Å². The fourth-order valence-electron chi connectivity index (χ4n) is 9.01. The molecule has 0 saturated carbocycles. The van der Waals surface area contributed by atoms with Crippen molar-refractivity contribution < 1.29 is 0 Å². The van der Waals surface area contributed by atoms with Crippen LogP contribution in [-0.4, -0.2) is 4.57 Å². The van der Waals surface area contributed by atoms with Gasteiger partial charge in [-0.15, -0.1) is 22.7 Å². The Morgan fingerprint density at radius 2 is 1.02 bits per heavy atom. The zero-order valence-corrected chi connectivity index (χ0v) is 33.0. The molecule has 12 rings (SSSR count). The lowest BCUT2D eigenvalue weighted by Crippen LogP contribution is -2.11. The monoisotopic (exact) mass is 774 g/mol. The van der Waals surface area contributed by atoms with Crippen molar-refractivity contribution in [2.24, 2.45) is 0 Å². The quantitative estimate of drug-likeness (QED) is 0.163. The lowest BCUT2D eigenvalue weighted by molar-refractivity contribution is 1.18. The van der Waals surface area contributed by atoms with Crippen molar-refractivity contribution in [3.8, 4) is 27.9 Å². The van der Waals surface area contributed by atoms with Crippen molar-refractivity contribution in [1.29, 1.82) is 0 Å². The van der Waals surface area contributed by atoms with Gasteiger partial charge in [0.25, 0.3) is 0 Å². The molecule has 0 N–H and O–H groups in total. The number of fused-ring (bicyclic) bond motifs is 9. The molecular formula is C54H34N2S2. The Balaban J connectivity index is 1.19. The molecule has 2 nitrogen and oxygen atoms in total. The summed E-state index contributed by atoms with van der Waals surface area (Å²) in [5.41, 5.74) is 12.0. The minimum atomic E-state index is 1.13. The van der Waals surface area contributed by atoms with Crippen LogP contribution in [0.15, 0.2) is 206 Å². The molecule has 272 valence electrons. The van der Waals surface area contributed by atoms with Crippen LogP contribution in [0.5, 0.6) is 0 Å². The van der Waals surface area contributed by atoms with Crippen molar-refractivity contribution in [1.82, 2.24) is 4.57 Å². The summed E-state index contributed by atoms with van der Waals surface area (Å²) >= 11 is 3.77. The van der Waals surface area contributed by atoms with Gasteiger partial charge < -0.3 is 9.47 Å². The highest BCUT2D eigenvalue weighted by atomic mass is 32.1. The van der Waals surface area contributed by atoms with Gasteiger partial charge in [0, 0.05) is 62.5 Å². The molecule has 0 radical (unpaired) electrons. The van der Waals surface area contributed by atoms with Crippen molar-refractivity contribution >= 4 is 102 Å². The second kappa shape index (κ2) is 13.3. The van der Waals surface area contributed by atoms with Crippen molar-refractivity contribution in [3.63, 3.8) is 0 Å². The molecule has 0 unspecified atom stereocenters. The van der Waals surface area contributed by atoms with Gasteiger partial charge in [0.2, 0.25) is 0 Å². The first kappa shape index (κ1) is 33.2. The molecule has 0 amide bonds. The van der Waals surface area contributed by atoms with Crippen LogP contribution >= 0.6 is 22.7 Å². The van der Waals surface area contributed by atoms with Gasteiger partial charge in [0.1, 0.15) is 0 Å². The van der Waals surface area contributed by atoms with E-state index in [1.807, 2.05) is 22.7 Å². The standard InChI is InChI=1S/C54H34N2S2/c1-4-15-35(16-5-1)37-27-29-43-51(33-37)58-54-40(36-17-6-2-7-18-36)30-32-48(53(43)54)56(47-24-14-26-50-52(47)42-22-11-13-25-49(42)57-50)39-28-31-46-44(34-39)41-21-10-12-23-45(41)55(46)38-19-8-3-9-20-38/h1-34H. The molecule has 12 aromatic rings. The normalized spacial score (nSPS) is 11.8. The average molecular weight is 775 g/mol. The summed E-state index contributed by atoms with van der Waals surface area (Å²) in [6.45, 7) is 0. The third-order valence-corrected chi connectivity index (χ3v) is 13.9. The van der Waals surface area contributed by atoms with Gasteiger partial charge >= 0.3 is 0 Å². The van der Waals surface area contributed by atoms with Gasteiger partial charge in [0.05, 0.1) is 22.4 Å². The van der Waals surface area contributed by atoms with E-state index in [0.717, 1.165) is 11.4 Å². The van der Waals surface area contributed by atoms with Crippen LogP contribution in [0.2, 0.25) is 0 Å². The van der Waals surface area contributed by atoms with Gasteiger partial charge in [-0.25, -0.2) is 0 Å². The molecule has 0 atom stereocenters. The molecule has 0 fully saturated rings. The second-order valence-corrected chi connectivity index (χ2v) is 17.0. The number of thiophene rings is 2. The lowest BCUT2D eigenvalue weighted by atomic mass is 9.98. The summed E-state index contributed by atoms with van der Waals surface area (Å²) in [4.78, 5) is 2.55. The number of nitrogens with zero attached hydrogens (tertiary/aromatic N) is 2. The van der Waals surface area contributed by atoms with Crippen molar-refractivity contribution in [3.05, 3.63) is 206 Å². The summed E-state index contributed by atoms with van der Waals surface area (Å²) in [6.07, 6.45) is 0. The molecule has 3 aromatic heterocycles. The molecule has 0 saturated heterocycles. The Labute approximate surface area is 343 Å². The molecule has 0 spiro atoms. The minimum Gasteiger partial charge on any atom is -0.309 e. The van der Waals surface area contributed by atoms with Gasteiger partial charge in [-0.3, -0.25) is 0 Å². The largest absolute Gasteiger partial charge is 0.309 e. The molecule has 9 aromatic carbocycles. The molecule has 3 heterocycles. The van der Waals surface area contributed by atoms with Crippen LogP contribution in [-0.2, 0) is 0 Å². The lowest BCUT2D eigenvalue weighted by Gasteiger charge is -2.28. The predicted molar refractivity (Wildman–Crippen MR) is 252 cm³/mol. The number of benzene rings is 9. The highest BCUT2D eigenvalue weighted by Crippen LogP contribution is 2.52. The topological polar surface area (TPSA) is 8.17 Å². The smallest absolute Gasteiger partial charge is 0.0555 e. The third-order valence-electron chi connectivity index (χ3n) is 11.6. The third kappa shape index (κ3) is 5.16. The van der Waals surface area contributed by atoms with E-state index in [2.05, 4.69) is 216 Å². The average Bonchev–Trinajstić information content (AvgIpc) is 3.97. The molecule has 0 bridgehead atoms. The molecule has 58 heavy (non-hydrogen) atoms. The Kier molecular flexibility index (Phi) is 7.62. The molecule has 4 heteroatoms. The SMILES string of the molecule is c1ccc(-c2ccc3c(c2)sc2c(-c4ccccc4)ccc(N(c4ccc5c(c4)c4ccccc4n5-c4ccccc4)c4cccc5sc6ccccc6c45)c23)cc1. The van der Waals surface area contributed by atoms with Crippen LogP contribution in [0.1, 0.15) is 0 Å². The summed E-state index contributed by atoms with van der Waals surface area (Å²) in [5, 5.41) is 7.56. The van der Waals surface area contributed by atoms with Gasteiger partial charge in [0.15, 0.2) is 0 Å². The number of para-hydroxylation sites is 2. The number of hydrogen-bond acceptors (Lipinski definition) is 3. The first-order chi connectivity index (χ1) is 28.8. The number of hydrogen-bond donors (Lipinski definition) is 0. The van der Waals surface area contributed by atoms with Crippen LogP contribution < -0.4 is 4.90 Å². The van der Waals surface area contributed by atoms with E-state index < -0.39 is 0 Å². The first-order valence-electron chi connectivity index (χ1n) is 19.7. The first-order valence-corrected chi connectivity index (χ1v) is 21.3. The predicted octanol–water partition coefficient (Wildman–Crippen LogP) is 16.3. The van der Waals surface area contributed by atoms with Crippen molar-refractivity contribution in [2.45, 2.75) is 0 Å². The maximum atomic E-state index is 2.55. The number of rotatable bonds is 6.